The van der Waals surface area contributed by atoms with Crippen LogP contribution in [0.15, 0.2) is 52.9 Å². The molecule has 0 radical (unpaired) electrons. The molecule has 1 aromatic heterocycles. The normalized spacial score (nSPS) is 11.5. The summed E-state index contributed by atoms with van der Waals surface area (Å²) in [4.78, 5) is 26.2. The van der Waals surface area contributed by atoms with Gasteiger partial charge in [0.2, 0.25) is 14.2 Å². The number of carbonyl (C=O) groups excluding carboxylic acids is 1. The molecule has 2 aromatic carbocycles. The molecule has 0 saturated carbocycles. The van der Waals surface area contributed by atoms with Crippen LogP contribution in [0, 0.1) is 10.1 Å². The Kier molecular flexibility index (Phi) is 4.12. The Balaban J connectivity index is 1.85. The number of nitro benzene ring substituents is 1. The number of carbonyl (C=O) groups is 1. The van der Waals surface area contributed by atoms with E-state index in [1.54, 1.807) is 24.3 Å². The minimum atomic E-state index is -3.87. The van der Waals surface area contributed by atoms with Crippen molar-refractivity contribution in [1.82, 2.24) is 4.98 Å². The lowest BCUT2D eigenvalue weighted by Gasteiger charge is -2.01. The zero-order chi connectivity index (χ0) is 17.3. The summed E-state index contributed by atoms with van der Waals surface area (Å²) in [6.07, 6.45) is 0. The van der Waals surface area contributed by atoms with Crippen molar-refractivity contribution in [1.29, 1.82) is 0 Å². The number of nitro groups is 1. The largest absolute Gasteiger partial charge is 0.293 e. The van der Waals surface area contributed by atoms with Crippen LogP contribution in [0.4, 0.5) is 5.69 Å². The van der Waals surface area contributed by atoms with E-state index < -0.39 is 26.3 Å². The number of ketones is 1. The molecule has 0 spiro atoms. The highest BCUT2D eigenvalue weighted by atomic mass is 32.2. The lowest BCUT2D eigenvalue weighted by molar-refractivity contribution is -0.384. The second kappa shape index (κ2) is 6.10. The van der Waals surface area contributed by atoms with Crippen LogP contribution in [0.3, 0.4) is 0 Å². The van der Waals surface area contributed by atoms with Crippen LogP contribution in [0.2, 0.25) is 0 Å². The summed E-state index contributed by atoms with van der Waals surface area (Å²) in [5, 5.41) is 10.6. The fraction of sp³-hybridized carbons (Fsp3) is 0.0667. The number of fused-ring (bicyclic) bond motifs is 1. The van der Waals surface area contributed by atoms with Crippen LogP contribution < -0.4 is 0 Å². The number of hydrogen-bond donors (Lipinski definition) is 0. The fourth-order valence-electron chi connectivity index (χ4n) is 2.07. The molecule has 1 heterocycles. The van der Waals surface area contributed by atoms with E-state index in [1.165, 1.54) is 12.1 Å². The van der Waals surface area contributed by atoms with E-state index in [4.69, 9.17) is 0 Å². The van der Waals surface area contributed by atoms with Gasteiger partial charge in [0.25, 0.3) is 5.69 Å². The lowest BCUT2D eigenvalue weighted by Crippen LogP contribution is -2.16. The van der Waals surface area contributed by atoms with Gasteiger partial charge in [-0.25, -0.2) is 13.4 Å². The third-order valence-electron chi connectivity index (χ3n) is 3.26. The van der Waals surface area contributed by atoms with Gasteiger partial charge in [0.1, 0.15) is 5.75 Å². The van der Waals surface area contributed by atoms with E-state index in [0.29, 0.717) is 5.52 Å². The molecule has 0 aliphatic rings. The minimum Gasteiger partial charge on any atom is -0.293 e. The maximum absolute atomic E-state index is 12.4. The van der Waals surface area contributed by atoms with Gasteiger partial charge in [-0.3, -0.25) is 14.9 Å². The van der Waals surface area contributed by atoms with Gasteiger partial charge >= 0.3 is 0 Å². The van der Waals surface area contributed by atoms with E-state index in [1.807, 2.05) is 0 Å². The molecule has 7 nitrogen and oxygen atoms in total. The van der Waals surface area contributed by atoms with Gasteiger partial charge in [-0.2, -0.15) is 0 Å². The molecule has 0 saturated heterocycles. The number of sulfone groups is 1. The molecule has 9 heteroatoms. The number of Topliss-reactive ketones (excluding diaryl/α,β-unsaturated/α-hetero) is 1. The predicted molar refractivity (Wildman–Crippen MR) is 89.1 cm³/mol. The summed E-state index contributed by atoms with van der Waals surface area (Å²) in [5.41, 5.74) is 0.495. The van der Waals surface area contributed by atoms with E-state index in [9.17, 15) is 23.3 Å². The van der Waals surface area contributed by atoms with Gasteiger partial charge in [-0.1, -0.05) is 12.1 Å². The molecule has 3 aromatic rings. The molecule has 0 bridgehead atoms. The summed E-state index contributed by atoms with van der Waals surface area (Å²) < 4.78 is 25.4. The topological polar surface area (TPSA) is 107 Å². The van der Waals surface area contributed by atoms with E-state index in [-0.39, 0.29) is 15.6 Å². The molecule has 0 amide bonds. The van der Waals surface area contributed by atoms with Crippen LogP contribution >= 0.6 is 11.3 Å². The van der Waals surface area contributed by atoms with Gasteiger partial charge in [-0.05, 0) is 24.3 Å². The maximum Gasteiger partial charge on any atom is 0.269 e. The summed E-state index contributed by atoms with van der Waals surface area (Å²) in [7, 11) is -3.87. The van der Waals surface area contributed by atoms with Crippen LogP contribution in [0.25, 0.3) is 10.2 Å². The highest BCUT2D eigenvalue weighted by molar-refractivity contribution is 7.94. The summed E-state index contributed by atoms with van der Waals surface area (Å²) >= 11 is 1.01. The highest BCUT2D eigenvalue weighted by Crippen LogP contribution is 2.26. The quantitative estimate of drug-likeness (QED) is 0.392. The zero-order valence-electron chi connectivity index (χ0n) is 12.1. The molecule has 0 N–H and O–H groups in total. The number of hydrogen-bond acceptors (Lipinski definition) is 7. The number of non-ortho nitro benzene ring substituents is 1. The van der Waals surface area contributed by atoms with Crippen LogP contribution in [0.5, 0.6) is 0 Å². The van der Waals surface area contributed by atoms with Crippen molar-refractivity contribution in [2.24, 2.45) is 0 Å². The SMILES string of the molecule is O=C(CS(=O)(=O)c1nc2ccccc2s1)c1ccc([N+](=O)[O-])cc1. The predicted octanol–water partition coefficient (Wildman–Crippen LogP) is 2.86. The van der Waals surface area contributed by atoms with Crippen molar-refractivity contribution in [3.05, 3.63) is 64.2 Å². The molecule has 0 fully saturated rings. The number of benzene rings is 2. The van der Waals surface area contributed by atoms with Gasteiger partial charge in [-0.15, -0.1) is 11.3 Å². The number of aromatic nitrogens is 1. The van der Waals surface area contributed by atoms with Gasteiger partial charge in [0, 0.05) is 17.7 Å². The molecule has 0 aliphatic carbocycles. The first-order valence-electron chi connectivity index (χ1n) is 6.73. The van der Waals surface area contributed by atoms with Gasteiger partial charge in [0.05, 0.1) is 15.1 Å². The second-order valence-electron chi connectivity index (χ2n) is 4.93. The summed E-state index contributed by atoms with van der Waals surface area (Å²) in [5.74, 6) is -1.37. The monoisotopic (exact) mass is 362 g/mol. The smallest absolute Gasteiger partial charge is 0.269 e. The van der Waals surface area contributed by atoms with E-state index in [2.05, 4.69) is 4.98 Å². The summed E-state index contributed by atoms with van der Waals surface area (Å²) in [6, 6.07) is 11.8. The molecule has 122 valence electrons. The third kappa shape index (κ3) is 3.17. The highest BCUT2D eigenvalue weighted by Gasteiger charge is 2.24. The van der Waals surface area contributed by atoms with Crippen LogP contribution in [-0.4, -0.2) is 29.9 Å². The van der Waals surface area contributed by atoms with E-state index >= 15 is 0 Å². The number of para-hydroxylation sites is 1. The Bertz CT molecular complexity index is 1010. The standard InChI is InChI=1S/C15H10N2O5S2/c18-13(10-5-7-11(8-6-10)17(19)20)9-24(21,22)15-16-12-3-1-2-4-14(12)23-15/h1-8H,9H2. The third-order valence-corrected chi connectivity index (χ3v) is 6.37. The van der Waals surface area contributed by atoms with Crippen molar-refractivity contribution >= 4 is 42.9 Å². The van der Waals surface area contributed by atoms with Gasteiger partial charge < -0.3 is 0 Å². The second-order valence-corrected chi connectivity index (χ2v) is 8.13. The fourth-order valence-corrected chi connectivity index (χ4v) is 4.59. The number of rotatable bonds is 5. The number of thiazole rings is 1. The minimum absolute atomic E-state index is 0.102. The van der Waals surface area contributed by atoms with Crippen molar-refractivity contribution in [2.45, 2.75) is 4.34 Å². The Morgan fingerprint density at radius 3 is 2.42 bits per heavy atom. The van der Waals surface area contributed by atoms with Crippen molar-refractivity contribution < 1.29 is 18.1 Å². The average molecular weight is 362 g/mol. The van der Waals surface area contributed by atoms with Crippen molar-refractivity contribution in [2.75, 3.05) is 5.75 Å². The lowest BCUT2D eigenvalue weighted by atomic mass is 10.1. The molecule has 0 aliphatic heterocycles. The first-order chi connectivity index (χ1) is 11.4. The average Bonchev–Trinajstić information content (AvgIpc) is 2.99. The molecule has 24 heavy (non-hydrogen) atoms. The Morgan fingerprint density at radius 1 is 1.12 bits per heavy atom. The van der Waals surface area contributed by atoms with Crippen LogP contribution in [0.1, 0.15) is 10.4 Å². The molecule has 0 atom stereocenters. The van der Waals surface area contributed by atoms with Crippen molar-refractivity contribution in [3.63, 3.8) is 0 Å². The Hall–Kier alpha value is -2.65. The van der Waals surface area contributed by atoms with Crippen LogP contribution in [-0.2, 0) is 9.84 Å². The molecular weight excluding hydrogens is 352 g/mol. The first-order valence-corrected chi connectivity index (χ1v) is 9.20. The van der Waals surface area contributed by atoms with E-state index in [0.717, 1.165) is 28.2 Å². The maximum atomic E-state index is 12.4. The molecular formula is C15H10N2O5S2. The summed E-state index contributed by atoms with van der Waals surface area (Å²) in [6.45, 7) is 0. The molecule has 0 unspecified atom stereocenters. The van der Waals surface area contributed by atoms with Gasteiger partial charge in [0.15, 0.2) is 5.78 Å². The number of nitrogens with zero attached hydrogens (tertiary/aromatic N) is 2. The Labute approximate surface area is 140 Å². The first kappa shape index (κ1) is 16.2. The molecule has 3 rings (SSSR count). The Morgan fingerprint density at radius 2 is 1.79 bits per heavy atom. The zero-order valence-corrected chi connectivity index (χ0v) is 13.7. The van der Waals surface area contributed by atoms with Crippen molar-refractivity contribution in [3.8, 4) is 0 Å².